The van der Waals surface area contributed by atoms with Crippen LogP contribution in [0.3, 0.4) is 0 Å². The van der Waals surface area contributed by atoms with Gasteiger partial charge in [0.2, 0.25) is 0 Å². The molecule has 0 aromatic carbocycles. The Bertz CT molecular complexity index is 467. The van der Waals surface area contributed by atoms with Gasteiger partial charge in [0.05, 0.1) is 0 Å². The first kappa shape index (κ1) is 15.3. The molecule has 100 valence electrons. The quantitative estimate of drug-likeness (QED) is 0.334. The molecule has 0 saturated heterocycles. The molecular weight excluding hydrogens is 439 g/mol. The monoisotopic (exact) mass is 456 g/mol. The molecule has 0 amide bonds. The van der Waals surface area contributed by atoms with Gasteiger partial charge in [0.1, 0.15) is 0 Å². The summed E-state index contributed by atoms with van der Waals surface area (Å²) in [6, 6.07) is 2.42. The van der Waals surface area contributed by atoms with Crippen LogP contribution in [0.2, 0.25) is 0 Å². The van der Waals surface area contributed by atoms with Crippen LogP contribution in [-0.2, 0) is 6.42 Å². The Morgan fingerprint density at radius 3 is 2.50 bits per heavy atom. The number of fused-ring (bicyclic) bond motifs is 1. The van der Waals surface area contributed by atoms with E-state index in [-0.39, 0.29) is 0 Å². The second kappa shape index (κ2) is 7.64. The van der Waals surface area contributed by atoms with Crippen molar-refractivity contribution in [2.24, 2.45) is 0 Å². The number of halogens is 2. The summed E-state index contributed by atoms with van der Waals surface area (Å²) in [6.07, 6.45) is 9.68. The van der Waals surface area contributed by atoms with Gasteiger partial charge in [0, 0.05) is 0 Å². The molecule has 2 heterocycles. The molecule has 0 aliphatic heterocycles. The first-order valence-electron chi connectivity index (χ1n) is 6.58. The van der Waals surface area contributed by atoms with Gasteiger partial charge >= 0.3 is 137 Å². The molecule has 4 heteroatoms. The fourth-order valence-corrected chi connectivity index (χ4v) is 8.41. The van der Waals surface area contributed by atoms with Crippen LogP contribution < -0.4 is 0 Å². The second-order valence-electron chi connectivity index (χ2n) is 4.62. The van der Waals surface area contributed by atoms with E-state index in [1.165, 1.54) is 57.9 Å². The topological polar surface area (TPSA) is 0 Å². The third-order valence-electron chi connectivity index (χ3n) is 3.13. The minimum atomic E-state index is 0.570. The van der Waals surface area contributed by atoms with Crippen LogP contribution in [0.1, 0.15) is 49.9 Å². The van der Waals surface area contributed by atoms with Crippen molar-refractivity contribution in [2.75, 3.05) is 0 Å². The predicted molar refractivity (Wildman–Crippen MR) is 91.2 cm³/mol. The molecule has 0 fully saturated rings. The molecule has 0 nitrogen and oxygen atoms in total. The summed E-state index contributed by atoms with van der Waals surface area (Å²) in [5, 5.41) is 1.45. The van der Waals surface area contributed by atoms with Crippen LogP contribution in [0, 0.1) is 0 Å². The molecule has 0 spiro atoms. The Morgan fingerprint density at radius 2 is 1.78 bits per heavy atom. The van der Waals surface area contributed by atoms with Crippen LogP contribution >= 0.6 is 43.2 Å². The molecule has 0 saturated carbocycles. The van der Waals surface area contributed by atoms with E-state index in [2.05, 4.69) is 44.8 Å². The number of rotatable bonds is 7. The molecule has 0 atom stereocenters. The van der Waals surface area contributed by atoms with Gasteiger partial charge in [0.25, 0.3) is 0 Å². The number of aryl methyl sites for hydroxylation is 1. The first-order valence-corrected chi connectivity index (χ1v) is 10.7. The average molecular weight is 457 g/mol. The summed E-state index contributed by atoms with van der Waals surface area (Å²) in [5.74, 6) is 0. The van der Waals surface area contributed by atoms with Crippen molar-refractivity contribution >= 4 is 67.3 Å². The van der Waals surface area contributed by atoms with Gasteiger partial charge in [-0.25, -0.2) is 0 Å². The van der Waals surface area contributed by atoms with Gasteiger partial charge in [-0.2, -0.15) is 0 Å². The first-order chi connectivity index (χ1) is 8.72. The van der Waals surface area contributed by atoms with Crippen molar-refractivity contribution in [2.45, 2.75) is 51.9 Å². The fourth-order valence-electron chi connectivity index (χ4n) is 2.12. The summed E-state index contributed by atoms with van der Waals surface area (Å²) >= 11 is 9.72. The van der Waals surface area contributed by atoms with Gasteiger partial charge in [-0.05, 0) is 0 Å². The zero-order valence-electron chi connectivity index (χ0n) is 10.6. The summed E-state index contributed by atoms with van der Waals surface area (Å²) < 4.78 is 5.86. The summed E-state index contributed by atoms with van der Waals surface area (Å²) in [7, 11) is 0. The van der Waals surface area contributed by atoms with Gasteiger partial charge in [0.15, 0.2) is 0 Å². The SMILES string of the molecule is CCCCCCCCc1cc2c(Br)sc(Br)c2[se]1. The van der Waals surface area contributed by atoms with E-state index in [1.807, 2.05) is 11.3 Å². The van der Waals surface area contributed by atoms with Crippen LogP contribution in [0.25, 0.3) is 9.65 Å². The van der Waals surface area contributed by atoms with E-state index < -0.39 is 0 Å². The third-order valence-corrected chi connectivity index (χ3v) is 9.13. The van der Waals surface area contributed by atoms with Gasteiger partial charge in [-0.1, -0.05) is 0 Å². The Kier molecular flexibility index (Phi) is 6.49. The van der Waals surface area contributed by atoms with Crippen molar-refractivity contribution in [1.82, 2.24) is 0 Å². The van der Waals surface area contributed by atoms with E-state index in [4.69, 9.17) is 0 Å². The average Bonchev–Trinajstić information content (AvgIpc) is 2.87. The minimum absolute atomic E-state index is 0.570. The standard InChI is InChI=1S/C14H18Br2SSe/c1-2-3-4-5-6-7-8-10-9-11-12(18-10)14(16)17-13(11)15/h9H,2-8H2,1H3. The molecule has 2 aromatic heterocycles. The van der Waals surface area contributed by atoms with E-state index in [0.29, 0.717) is 14.5 Å². The molecule has 2 rings (SSSR count). The second-order valence-corrected chi connectivity index (χ2v) is 10.7. The van der Waals surface area contributed by atoms with Crippen molar-refractivity contribution in [3.05, 3.63) is 18.1 Å². The Hall–Kier alpha value is 0.919. The van der Waals surface area contributed by atoms with E-state index in [9.17, 15) is 0 Å². The molecule has 0 aliphatic rings. The van der Waals surface area contributed by atoms with Crippen molar-refractivity contribution < 1.29 is 0 Å². The van der Waals surface area contributed by atoms with Crippen molar-refractivity contribution in [3.8, 4) is 0 Å². The van der Waals surface area contributed by atoms with Crippen molar-refractivity contribution in [3.63, 3.8) is 0 Å². The third kappa shape index (κ3) is 3.96. The Balaban J connectivity index is 1.83. The van der Waals surface area contributed by atoms with Gasteiger partial charge in [-0.3, -0.25) is 0 Å². The van der Waals surface area contributed by atoms with Crippen LogP contribution in [0.4, 0.5) is 0 Å². The van der Waals surface area contributed by atoms with Crippen molar-refractivity contribution in [1.29, 1.82) is 0 Å². The fraction of sp³-hybridized carbons (Fsp3) is 0.571. The van der Waals surface area contributed by atoms with Crippen LogP contribution in [0.15, 0.2) is 13.6 Å². The molecule has 0 bridgehead atoms. The van der Waals surface area contributed by atoms with Crippen LogP contribution in [0.5, 0.6) is 0 Å². The summed E-state index contributed by atoms with van der Waals surface area (Å²) in [6.45, 7) is 2.28. The zero-order chi connectivity index (χ0) is 13.0. The van der Waals surface area contributed by atoms with Crippen LogP contribution in [-0.4, -0.2) is 14.5 Å². The summed E-state index contributed by atoms with van der Waals surface area (Å²) in [5.41, 5.74) is 0. The molecule has 2 aromatic rings. The maximum atomic E-state index is 3.68. The molecular formula is C14H18Br2SSe. The van der Waals surface area contributed by atoms with E-state index >= 15 is 0 Å². The Morgan fingerprint density at radius 1 is 1.06 bits per heavy atom. The van der Waals surface area contributed by atoms with Gasteiger partial charge < -0.3 is 0 Å². The Labute approximate surface area is 136 Å². The normalized spacial score (nSPS) is 11.5. The summed E-state index contributed by atoms with van der Waals surface area (Å²) in [4.78, 5) is 0. The predicted octanol–water partition coefficient (Wildman–Crippen LogP) is 6.39. The molecule has 0 N–H and O–H groups in total. The molecule has 0 aliphatic carbocycles. The maximum absolute atomic E-state index is 3.68. The molecule has 18 heavy (non-hydrogen) atoms. The van der Waals surface area contributed by atoms with Gasteiger partial charge in [-0.15, -0.1) is 0 Å². The molecule has 0 radical (unpaired) electrons. The van der Waals surface area contributed by atoms with E-state index in [1.54, 1.807) is 8.70 Å². The number of thiophene rings is 1. The van der Waals surface area contributed by atoms with E-state index in [0.717, 1.165) is 0 Å². The number of hydrogen-bond acceptors (Lipinski definition) is 1. The zero-order valence-corrected chi connectivity index (χ0v) is 16.3. The molecule has 0 unspecified atom stereocenters. The number of unbranched alkanes of at least 4 members (excludes halogenated alkanes) is 5. The number of hydrogen-bond donors (Lipinski definition) is 0.